The molecule has 1 saturated heterocycles. The largest absolute Gasteiger partial charge is 0.427 e. The van der Waals surface area contributed by atoms with E-state index in [4.69, 9.17) is 4.74 Å². The smallest absolute Gasteiger partial charge is 0.418 e. The van der Waals surface area contributed by atoms with Crippen LogP contribution in [0.15, 0.2) is 48.8 Å². The van der Waals surface area contributed by atoms with Crippen molar-refractivity contribution in [2.45, 2.75) is 63.3 Å². The van der Waals surface area contributed by atoms with Gasteiger partial charge in [0.05, 0.1) is 6.20 Å². The maximum absolute atomic E-state index is 13.9. The average Bonchev–Trinajstić information content (AvgIpc) is 3.61. The summed E-state index contributed by atoms with van der Waals surface area (Å²) in [6.07, 6.45) is 6.92. The molecule has 0 radical (unpaired) electrons. The molecule has 3 aromatic rings. The quantitative estimate of drug-likeness (QED) is 0.475. The minimum Gasteiger partial charge on any atom is -0.427 e. The second-order valence-corrected chi connectivity index (χ2v) is 11.9. The first-order chi connectivity index (χ1) is 20.8. The van der Waals surface area contributed by atoms with Crippen LogP contribution in [-0.4, -0.2) is 63.0 Å². The summed E-state index contributed by atoms with van der Waals surface area (Å²) in [5.74, 6) is -0.899. The van der Waals surface area contributed by atoms with Crippen molar-refractivity contribution in [2.75, 3.05) is 13.6 Å². The Morgan fingerprint density at radius 3 is 2.65 bits per heavy atom. The topological polar surface area (TPSA) is 114 Å². The van der Waals surface area contributed by atoms with Crippen LogP contribution in [0.25, 0.3) is 11.1 Å². The number of hydrogen-bond donors (Lipinski definition) is 1. The number of rotatable bonds is 6. The molecule has 0 bridgehead atoms. The molecular formula is C32H32FN5O5. The normalized spacial score (nSPS) is 22.8. The fraction of sp³-hybridized carbons (Fsp3) is 0.406. The Kier molecular flexibility index (Phi) is 6.55. The zero-order valence-corrected chi connectivity index (χ0v) is 23.8. The molecule has 43 heavy (non-hydrogen) atoms. The van der Waals surface area contributed by atoms with Gasteiger partial charge in [0, 0.05) is 43.4 Å². The molecule has 3 heterocycles. The zero-order valence-electron chi connectivity index (χ0n) is 23.8. The van der Waals surface area contributed by atoms with E-state index in [-0.39, 0.29) is 30.2 Å². The van der Waals surface area contributed by atoms with Crippen LogP contribution in [0.4, 0.5) is 9.18 Å². The maximum atomic E-state index is 13.9. The van der Waals surface area contributed by atoms with Crippen LogP contribution in [0, 0.1) is 11.7 Å². The summed E-state index contributed by atoms with van der Waals surface area (Å²) in [6, 6.07) is 10.3. The number of nitrogens with one attached hydrogen (secondary N) is 1. The summed E-state index contributed by atoms with van der Waals surface area (Å²) >= 11 is 0. The van der Waals surface area contributed by atoms with Gasteiger partial charge in [0.15, 0.2) is 0 Å². The van der Waals surface area contributed by atoms with Crippen LogP contribution >= 0.6 is 0 Å². The van der Waals surface area contributed by atoms with Gasteiger partial charge in [-0.15, -0.1) is 0 Å². The van der Waals surface area contributed by atoms with Gasteiger partial charge in [-0.3, -0.25) is 19.1 Å². The molecule has 4 amide bonds. The molecule has 1 aromatic heterocycles. The lowest BCUT2D eigenvalue weighted by Gasteiger charge is -2.31. The van der Waals surface area contributed by atoms with Gasteiger partial charge in [0.25, 0.3) is 5.91 Å². The summed E-state index contributed by atoms with van der Waals surface area (Å²) in [4.78, 5) is 55.2. The van der Waals surface area contributed by atoms with Crippen LogP contribution in [0.1, 0.15) is 47.9 Å². The molecule has 2 aliphatic heterocycles. The van der Waals surface area contributed by atoms with E-state index in [9.17, 15) is 23.6 Å². The highest BCUT2D eigenvalue weighted by atomic mass is 19.1. The Morgan fingerprint density at radius 2 is 1.86 bits per heavy atom. The fourth-order valence-electron chi connectivity index (χ4n) is 6.87. The summed E-state index contributed by atoms with van der Waals surface area (Å²) in [7, 11) is 1.57. The number of aromatic nitrogens is 2. The number of benzene rings is 2. The number of hydrogen-bond acceptors (Lipinski definition) is 6. The first kappa shape index (κ1) is 27.3. The lowest BCUT2D eigenvalue weighted by atomic mass is 9.93. The van der Waals surface area contributed by atoms with Gasteiger partial charge in [-0.1, -0.05) is 24.3 Å². The number of fused-ring (bicyclic) bond motifs is 3. The molecule has 4 aliphatic rings. The van der Waals surface area contributed by atoms with Crippen LogP contribution in [0.2, 0.25) is 0 Å². The Balaban J connectivity index is 1.10. The molecule has 2 aromatic carbocycles. The predicted octanol–water partition coefficient (Wildman–Crippen LogP) is 3.31. The monoisotopic (exact) mass is 585 g/mol. The number of imide groups is 1. The minimum atomic E-state index is -1.45. The summed E-state index contributed by atoms with van der Waals surface area (Å²) in [5.41, 5.74) is 3.55. The van der Waals surface area contributed by atoms with E-state index in [2.05, 4.69) is 10.4 Å². The van der Waals surface area contributed by atoms with Crippen LogP contribution < -0.4 is 5.32 Å². The number of amides is 4. The third kappa shape index (κ3) is 4.76. The Labute approximate surface area is 247 Å². The van der Waals surface area contributed by atoms with Crippen molar-refractivity contribution in [1.29, 1.82) is 0 Å². The predicted molar refractivity (Wildman–Crippen MR) is 152 cm³/mol. The third-order valence-electron chi connectivity index (χ3n) is 9.31. The van der Waals surface area contributed by atoms with Gasteiger partial charge in [0.1, 0.15) is 18.9 Å². The van der Waals surface area contributed by atoms with Gasteiger partial charge in [-0.2, -0.15) is 5.10 Å². The van der Waals surface area contributed by atoms with E-state index in [1.54, 1.807) is 41.2 Å². The summed E-state index contributed by atoms with van der Waals surface area (Å²) in [6.45, 7) is 0.0354. The van der Waals surface area contributed by atoms with Crippen molar-refractivity contribution < 1.29 is 28.3 Å². The van der Waals surface area contributed by atoms with Crippen LogP contribution in [-0.2, 0) is 50.7 Å². The van der Waals surface area contributed by atoms with Gasteiger partial charge in [0.2, 0.25) is 17.4 Å². The number of aryl methyl sites for hydroxylation is 2. The highest BCUT2D eigenvalue weighted by molar-refractivity contribution is 6.06. The molecule has 2 aliphatic carbocycles. The van der Waals surface area contributed by atoms with E-state index < -0.39 is 24.1 Å². The second kappa shape index (κ2) is 10.3. The average molecular weight is 586 g/mol. The maximum Gasteiger partial charge on any atom is 0.418 e. The zero-order chi connectivity index (χ0) is 29.9. The molecule has 1 saturated carbocycles. The molecule has 2 atom stereocenters. The van der Waals surface area contributed by atoms with Crippen molar-refractivity contribution in [3.05, 3.63) is 76.9 Å². The molecular weight excluding hydrogens is 553 g/mol. The van der Waals surface area contributed by atoms with Crippen molar-refractivity contribution in [3.8, 4) is 11.1 Å². The van der Waals surface area contributed by atoms with Crippen molar-refractivity contribution in [3.63, 3.8) is 0 Å². The van der Waals surface area contributed by atoms with Gasteiger partial charge in [-0.05, 0) is 72.4 Å². The lowest BCUT2D eigenvalue weighted by Crippen LogP contribution is -2.48. The molecule has 7 rings (SSSR count). The molecule has 10 nitrogen and oxygen atoms in total. The fourth-order valence-corrected chi connectivity index (χ4v) is 6.87. The van der Waals surface area contributed by atoms with Crippen molar-refractivity contribution in [2.24, 2.45) is 5.92 Å². The third-order valence-corrected chi connectivity index (χ3v) is 9.31. The van der Waals surface area contributed by atoms with E-state index in [0.717, 1.165) is 52.0 Å². The highest BCUT2D eigenvalue weighted by Gasteiger charge is 2.58. The van der Waals surface area contributed by atoms with E-state index in [1.807, 2.05) is 12.1 Å². The molecule has 1 N–H and O–H groups in total. The van der Waals surface area contributed by atoms with Gasteiger partial charge >= 0.3 is 6.09 Å². The number of carbonyl (C=O) groups is 4. The van der Waals surface area contributed by atoms with Gasteiger partial charge < -0.3 is 15.0 Å². The number of carbonyl (C=O) groups excluding carboxylic acids is 4. The van der Waals surface area contributed by atoms with Gasteiger partial charge in [-0.25, -0.2) is 14.1 Å². The van der Waals surface area contributed by atoms with Crippen molar-refractivity contribution >= 4 is 23.8 Å². The van der Waals surface area contributed by atoms with E-state index in [1.165, 1.54) is 12.1 Å². The molecule has 1 unspecified atom stereocenters. The number of halogens is 1. The van der Waals surface area contributed by atoms with Crippen molar-refractivity contribution in [1.82, 2.24) is 24.9 Å². The first-order valence-electron chi connectivity index (χ1n) is 14.7. The molecule has 222 valence electrons. The van der Waals surface area contributed by atoms with E-state index >= 15 is 0 Å². The highest BCUT2D eigenvalue weighted by Crippen LogP contribution is 2.46. The minimum absolute atomic E-state index is 0.0167. The SMILES string of the molecule is CNC(=O)Cn1cc(-c2ccc3c(c2)CCC32OC(=O)N(CC(=O)N3Cc4ccc(F)cc4CC[C@H]3C3CC3)C2=O)cn1. The molecule has 2 fully saturated rings. The second-order valence-electron chi connectivity index (χ2n) is 11.9. The summed E-state index contributed by atoms with van der Waals surface area (Å²) < 4.78 is 21.3. The number of nitrogens with zero attached hydrogens (tertiary/aromatic N) is 4. The standard InChI is InChI=1S/C32H32FN5O5/c1-34-28(39)17-36-15-24(14-35-36)20-5-8-26-22(12-20)10-11-32(26)30(41)38(31(42)43-32)18-29(40)37-16-23-4-7-25(33)13-21(23)6-9-27(37)19-2-3-19/h4-5,7-8,12-15,19,27H,2-3,6,9-11,16-18H2,1H3,(H,34,39)/t27-,32?/m0/s1. The van der Waals surface area contributed by atoms with E-state index in [0.29, 0.717) is 37.3 Å². The first-order valence-corrected chi connectivity index (χ1v) is 14.7. The molecule has 11 heteroatoms. The number of ether oxygens (including phenoxy) is 1. The number of likely N-dealkylation sites (N-methyl/N-ethyl adjacent to an activating group) is 1. The Bertz CT molecular complexity index is 1670. The Morgan fingerprint density at radius 1 is 1.02 bits per heavy atom. The van der Waals surface area contributed by atoms with Crippen LogP contribution in [0.5, 0.6) is 0 Å². The summed E-state index contributed by atoms with van der Waals surface area (Å²) in [5, 5.41) is 6.83. The van der Waals surface area contributed by atoms with Crippen LogP contribution in [0.3, 0.4) is 0 Å². The Hall–Kier alpha value is -4.54. The lowest BCUT2D eigenvalue weighted by molar-refractivity contribution is -0.143. The molecule has 1 spiro atoms.